The third kappa shape index (κ3) is 4.02. The van der Waals surface area contributed by atoms with Gasteiger partial charge in [-0.2, -0.15) is 13.8 Å². The van der Waals surface area contributed by atoms with Crippen molar-refractivity contribution in [2.45, 2.75) is 19.1 Å². The number of nitrogens with zero attached hydrogens (tertiary/aromatic N) is 3. The topological polar surface area (TPSA) is 63.4 Å². The number of ether oxygens (including phenoxy) is 1. The van der Waals surface area contributed by atoms with Gasteiger partial charge in [0.15, 0.2) is 5.82 Å². The summed E-state index contributed by atoms with van der Waals surface area (Å²) in [5, 5.41) is 7.36. The first-order valence-corrected chi connectivity index (χ1v) is 7.39. The Balaban J connectivity index is 1.64. The van der Waals surface area contributed by atoms with E-state index in [1.165, 1.54) is 12.1 Å². The molecule has 0 saturated carbocycles. The Hall–Kier alpha value is -2.06. The molecule has 0 aliphatic carbocycles. The monoisotopic (exact) mass is 324 g/mol. The van der Waals surface area contributed by atoms with Gasteiger partial charge < -0.3 is 14.6 Å². The molecule has 0 amide bonds. The first kappa shape index (κ1) is 15.8. The molecule has 1 aromatic carbocycles. The maximum absolute atomic E-state index is 12.1. The minimum absolute atomic E-state index is 0.100. The van der Waals surface area contributed by atoms with Crippen molar-refractivity contribution in [3.8, 4) is 5.75 Å². The highest BCUT2D eigenvalue weighted by Crippen LogP contribution is 2.20. The van der Waals surface area contributed by atoms with Crippen LogP contribution >= 0.6 is 0 Å². The average molecular weight is 324 g/mol. The lowest BCUT2D eigenvalue weighted by atomic mass is 10.1. The van der Waals surface area contributed by atoms with Crippen LogP contribution in [0.15, 0.2) is 28.8 Å². The molecule has 0 bridgehead atoms. The highest BCUT2D eigenvalue weighted by Gasteiger charge is 2.25. The Morgan fingerprint density at radius 3 is 2.87 bits per heavy atom. The molecule has 1 N–H and O–H groups in total. The first-order chi connectivity index (χ1) is 11.1. The van der Waals surface area contributed by atoms with Crippen LogP contribution in [0, 0.1) is 0 Å². The molecule has 6 nitrogen and oxygen atoms in total. The number of piperazine rings is 1. The summed E-state index contributed by atoms with van der Waals surface area (Å²) in [4.78, 5) is 6.62. The van der Waals surface area contributed by atoms with Gasteiger partial charge >= 0.3 is 6.61 Å². The molecule has 8 heteroatoms. The zero-order chi connectivity index (χ0) is 16.2. The smallest absolute Gasteiger partial charge is 0.387 e. The van der Waals surface area contributed by atoms with E-state index in [0.29, 0.717) is 18.1 Å². The van der Waals surface area contributed by atoms with Crippen molar-refractivity contribution in [3.05, 3.63) is 41.5 Å². The molecule has 1 fully saturated rings. The Labute approximate surface area is 132 Å². The largest absolute Gasteiger partial charge is 0.435 e. The SMILES string of the molecule is CN1CCNCC1c1noc(Cc2ccc(OC(F)F)cc2)n1. The molecule has 1 aliphatic rings. The highest BCUT2D eigenvalue weighted by atomic mass is 19.3. The summed E-state index contributed by atoms with van der Waals surface area (Å²) in [6.45, 7) is -0.152. The van der Waals surface area contributed by atoms with Gasteiger partial charge in [-0.1, -0.05) is 17.3 Å². The lowest BCUT2D eigenvalue weighted by Crippen LogP contribution is -2.44. The number of halogens is 2. The zero-order valence-corrected chi connectivity index (χ0v) is 12.7. The fourth-order valence-corrected chi connectivity index (χ4v) is 2.53. The third-order valence-electron chi connectivity index (χ3n) is 3.80. The fraction of sp³-hybridized carbons (Fsp3) is 0.467. The van der Waals surface area contributed by atoms with E-state index in [0.717, 1.165) is 25.2 Å². The van der Waals surface area contributed by atoms with Gasteiger partial charge in [0.05, 0.1) is 12.5 Å². The van der Waals surface area contributed by atoms with Crippen LogP contribution in [0.5, 0.6) is 5.75 Å². The van der Waals surface area contributed by atoms with E-state index in [-0.39, 0.29) is 11.8 Å². The van der Waals surface area contributed by atoms with E-state index in [4.69, 9.17) is 4.52 Å². The number of rotatable bonds is 5. The Morgan fingerprint density at radius 1 is 1.39 bits per heavy atom. The molecular weight excluding hydrogens is 306 g/mol. The van der Waals surface area contributed by atoms with Gasteiger partial charge in [-0.15, -0.1) is 0 Å². The lowest BCUT2D eigenvalue weighted by molar-refractivity contribution is -0.0498. The number of nitrogens with one attached hydrogen (secondary N) is 1. The van der Waals surface area contributed by atoms with Crippen LogP contribution in [-0.2, 0) is 6.42 Å². The second kappa shape index (κ2) is 7.01. The summed E-state index contributed by atoms with van der Waals surface area (Å²) in [6, 6.07) is 6.50. The van der Waals surface area contributed by atoms with E-state index in [1.807, 2.05) is 7.05 Å². The second-order valence-corrected chi connectivity index (χ2v) is 5.45. The van der Waals surface area contributed by atoms with Gasteiger partial charge in [-0.3, -0.25) is 4.90 Å². The molecule has 0 spiro atoms. The molecule has 1 atom stereocenters. The summed E-state index contributed by atoms with van der Waals surface area (Å²) in [6.07, 6.45) is 0.450. The maximum atomic E-state index is 12.1. The minimum Gasteiger partial charge on any atom is -0.435 e. The molecular formula is C15H18F2N4O2. The molecule has 23 heavy (non-hydrogen) atoms. The van der Waals surface area contributed by atoms with Crippen molar-refractivity contribution in [2.24, 2.45) is 0 Å². The van der Waals surface area contributed by atoms with Crippen LogP contribution in [0.25, 0.3) is 0 Å². The van der Waals surface area contributed by atoms with Crippen LogP contribution in [0.1, 0.15) is 23.3 Å². The predicted octanol–water partition coefficient (Wildman–Crippen LogP) is 1.84. The Bertz CT molecular complexity index is 633. The maximum Gasteiger partial charge on any atom is 0.387 e. The molecule has 1 saturated heterocycles. The number of aromatic nitrogens is 2. The second-order valence-electron chi connectivity index (χ2n) is 5.45. The van der Waals surface area contributed by atoms with Crippen molar-refractivity contribution in [2.75, 3.05) is 26.7 Å². The van der Waals surface area contributed by atoms with Crippen LogP contribution in [0.4, 0.5) is 8.78 Å². The molecule has 1 aromatic heterocycles. The van der Waals surface area contributed by atoms with E-state index in [2.05, 4.69) is 25.1 Å². The van der Waals surface area contributed by atoms with E-state index in [1.54, 1.807) is 12.1 Å². The van der Waals surface area contributed by atoms with Crippen molar-refractivity contribution in [1.82, 2.24) is 20.4 Å². The summed E-state index contributed by atoms with van der Waals surface area (Å²) in [5.74, 6) is 1.29. The molecule has 3 rings (SSSR count). The summed E-state index contributed by atoms with van der Waals surface area (Å²) >= 11 is 0. The van der Waals surface area contributed by atoms with Gasteiger partial charge in [0.25, 0.3) is 0 Å². The molecule has 1 unspecified atom stereocenters. The number of likely N-dealkylation sites (N-methyl/N-ethyl adjacent to an activating group) is 1. The first-order valence-electron chi connectivity index (χ1n) is 7.39. The van der Waals surface area contributed by atoms with E-state index >= 15 is 0 Å². The van der Waals surface area contributed by atoms with Gasteiger partial charge in [-0.25, -0.2) is 0 Å². The quantitative estimate of drug-likeness (QED) is 0.905. The van der Waals surface area contributed by atoms with Crippen LogP contribution in [0.2, 0.25) is 0 Å². The van der Waals surface area contributed by atoms with Gasteiger partial charge in [0.2, 0.25) is 5.89 Å². The highest BCUT2D eigenvalue weighted by molar-refractivity contribution is 5.28. The standard InChI is InChI=1S/C15H18F2N4O2/c1-21-7-6-18-9-12(21)14-19-13(23-20-14)8-10-2-4-11(5-3-10)22-15(16)17/h2-5,12,15,18H,6-9H2,1H3. The van der Waals surface area contributed by atoms with Gasteiger partial charge in [-0.05, 0) is 24.7 Å². The Kier molecular flexibility index (Phi) is 4.82. The number of hydrogen-bond acceptors (Lipinski definition) is 6. The summed E-state index contributed by atoms with van der Waals surface area (Å²) < 4.78 is 33.8. The van der Waals surface area contributed by atoms with Crippen molar-refractivity contribution in [3.63, 3.8) is 0 Å². The average Bonchev–Trinajstić information content (AvgIpc) is 2.97. The zero-order valence-electron chi connectivity index (χ0n) is 12.7. The van der Waals surface area contributed by atoms with Crippen molar-refractivity contribution >= 4 is 0 Å². The number of hydrogen-bond donors (Lipinski definition) is 1. The van der Waals surface area contributed by atoms with Gasteiger partial charge in [0.1, 0.15) is 5.75 Å². The normalized spacial score (nSPS) is 19.2. The van der Waals surface area contributed by atoms with Crippen LogP contribution < -0.4 is 10.1 Å². The number of alkyl halides is 2. The van der Waals surface area contributed by atoms with Crippen LogP contribution in [0.3, 0.4) is 0 Å². The summed E-state index contributed by atoms with van der Waals surface area (Å²) in [5.41, 5.74) is 0.886. The predicted molar refractivity (Wildman–Crippen MR) is 78.4 cm³/mol. The molecule has 2 aromatic rings. The minimum atomic E-state index is -2.82. The lowest BCUT2D eigenvalue weighted by Gasteiger charge is -2.30. The van der Waals surface area contributed by atoms with Crippen LogP contribution in [-0.4, -0.2) is 48.3 Å². The third-order valence-corrected chi connectivity index (χ3v) is 3.80. The summed E-state index contributed by atoms with van der Waals surface area (Å²) in [7, 11) is 2.03. The van der Waals surface area contributed by atoms with Gasteiger partial charge in [0, 0.05) is 19.6 Å². The van der Waals surface area contributed by atoms with Crippen molar-refractivity contribution < 1.29 is 18.0 Å². The fourth-order valence-electron chi connectivity index (χ4n) is 2.53. The molecule has 1 aliphatic heterocycles. The van der Waals surface area contributed by atoms with Crippen molar-refractivity contribution in [1.29, 1.82) is 0 Å². The van der Waals surface area contributed by atoms with E-state index < -0.39 is 6.61 Å². The molecule has 0 radical (unpaired) electrons. The van der Waals surface area contributed by atoms with E-state index in [9.17, 15) is 8.78 Å². The molecule has 124 valence electrons. The number of benzene rings is 1. The Morgan fingerprint density at radius 2 is 2.17 bits per heavy atom. The molecule has 2 heterocycles.